The highest BCUT2D eigenvalue weighted by atomic mass is 35.5. The van der Waals surface area contributed by atoms with Crippen LogP contribution in [0, 0.1) is 0 Å². The molecule has 0 bridgehead atoms. The van der Waals surface area contributed by atoms with Gasteiger partial charge in [0.1, 0.15) is 0 Å². The predicted octanol–water partition coefficient (Wildman–Crippen LogP) is 2.45. The Labute approximate surface area is 126 Å². The molecule has 21 heavy (non-hydrogen) atoms. The molecule has 0 fully saturated rings. The Morgan fingerprint density at radius 2 is 2.10 bits per heavy atom. The van der Waals surface area contributed by atoms with Gasteiger partial charge in [-0.1, -0.05) is 11.6 Å². The van der Waals surface area contributed by atoms with Crippen molar-refractivity contribution in [3.8, 4) is 0 Å². The van der Waals surface area contributed by atoms with Crippen LogP contribution in [0.3, 0.4) is 0 Å². The number of carboxylic acid groups (broad SMARTS) is 1. The average Bonchev–Trinajstić information content (AvgIpc) is 2.90. The van der Waals surface area contributed by atoms with Gasteiger partial charge in [0.15, 0.2) is 0 Å². The van der Waals surface area contributed by atoms with E-state index in [1.165, 1.54) is 31.7 Å². The lowest BCUT2D eigenvalue weighted by Crippen LogP contribution is -2.26. The number of rotatable bonds is 5. The van der Waals surface area contributed by atoms with E-state index >= 15 is 0 Å². The Morgan fingerprint density at radius 3 is 2.62 bits per heavy atom. The van der Waals surface area contributed by atoms with E-state index in [4.69, 9.17) is 21.1 Å². The fourth-order valence-corrected chi connectivity index (χ4v) is 3.25. The SMILES string of the molecule is CN(Cc1ccoc1)S(=O)(=O)c1ccc(C(=O)O)c(Cl)c1. The second-order valence-electron chi connectivity index (χ2n) is 4.34. The third-order valence-corrected chi connectivity index (χ3v) is 4.98. The average molecular weight is 330 g/mol. The van der Waals surface area contributed by atoms with Gasteiger partial charge in [-0.25, -0.2) is 13.2 Å². The molecule has 112 valence electrons. The number of carbonyl (C=O) groups is 1. The molecule has 0 amide bonds. The highest BCUT2D eigenvalue weighted by Crippen LogP contribution is 2.23. The van der Waals surface area contributed by atoms with E-state index in [1.807, 2.05) is 0 Å². The van der Waals surface area contributed by atoms with Crippen LogP contribution in [0.25, 0.3) is 0 Å². The highest BCUT2D eigenvalue weighted by Gasteiger charge is 2.23. The third-order valence-electron chi connectivity index (χ3n) is 2.86. The standard InChI is InChI=1S/C13H12ClNO5S/c1-15(7-9-4-5-20-8-9)21(18,19)10-2-3-11(13(16)17)12(14)6-10/h2-6,8H,7H2,1H3,(H,16,17). The maximum Gasteiger partial charge on any atom is 0.337 e. The van der Waals surface area contributed by atoms with Crippen LogP contribution in [0.5, 0.6) is 0 Å². The number of sulfonamides is 1. The van der Waals surface area contributed by atoms with Crippen LogP contribution in [0.1, 0.15) is 15.9 Å². The van der Waals surface area contributed by atoms with Crippen molar-refractivity contribution in [2.24, 2.45) is 0 Å². The molecule has 0 saturated heterocycles. The van der Waals surface area contributed by atoms with Crippen molar-refractivity contribution in [1.29, 1.82) is 0 Å². The molecule has 6 nitrogen and oxygen atoms in total. The van der Waals surface area contributed by atoms with Crippen LogP contribution in [0.2, 0.25) is 5.02 Å². The monoisotopic (exact) mass is 329 g/mol. The van der Waals surface area contributed by atoms with E-state index in [9.17, 15) is 13.2 Å². The first-order valence-electron chi connectivity index (χ1n) is 5.82. The zero-order valence-corrected chi connectivity index (χ0v) is 12.6. The van der Waals surface area contributed by atoms with Crippen LogP contribution in [0.4, 0.5) is 0 Å². The number of furan rings is 1. The van der Waals surface area contributed by atoms with Crippen molar-refractivity contribution in [2.75, 3.05) is 7.05 Å². The van der Waals surface area contributed by atoms with E-state index in [-0.39, 0.29) is 22.0 Å². The summed E-state index contributed by atoms with van der Waals surface area (Å²) in [5, 5.41) is 8.76. The summed E-state index contributed by atoms with van der Waals surface area (Å²) >= 11 is 5.80. The number of benzene rings is 1. The van der Waals surface area contributed by atoms with Gasteiger partial charge in [-0.05, 0) is 24.3 Å². The molecule has 0 unspecified atom stereocenters. The molecule has 8 heteroatoms. The summed E-state index contributed by atoms with van der Waals surface area (Å²) in [4.78, 5) is 10.8. The summed E-state index contributed by atoms with van der Waals surface area (Å²) in [5.74, 6) is -1.21. The Hall–Kier alpha value is -1.83. The molecule has 0 aliphatic carbocycles. The molecule has 2 aromatic rings. The largest absolute Gasteiger partial charge is 0.478 e. The van der Waals surface area contributed by atoms with E-state index in [0.29, 0.717) is 5.56 Å². The van der Waals surface area contributed by atoms with Crippen molar-refractivity contribution < 1.29 is 22.7 Å². The zero-order chi connectivity index (χ0) is 15.6. The van der Waals surface area contributed by atoms with Crippen LogP contribution >= 0.6 is 11.6 Å². The molecule has 1 heterocycles. The van der Waals surface area contributed by atoms with Gasteiger partial charge in [0, 0.05) is 19.2 Å². The molecule has 2 rings (SSSR count). The Kier molecular flexibility index (Phi) is 4.36. The maximum atomic E-state index is 12.4. The lowest BCUT2D eigenvalue weighted by atomic mass is 10.2. The normalized spacial score (nSPS) is 11.8. The van der Waals surface area contributed by atoms with E-state index in [0.717, 1.165) is 10.4 Å². The van der Waals surface area contributed by atoms with E-state index in [2.05, 4.69) is 0 Å². The van der Waals surface area contributed by atoms with Gasteiger partial charge in [0.05, 0.1) is 28.0 Å². The number of carboxylic acids is 1. The van der Waals surface area contributed by atoms with Crippen molar-refractivity contribution in [2.45, 2.75) is 11.4 Å². The zero-order valence-electron chi connectivity index (χ0n) is 11.0. The lowest BCUT2D eigenvalue weighted by molar-refractivity contribution is 0.0697. The molecular weight excluding hydrogens is 318 g/mol. The van der Waals surface area contributed by atoms with Gasteiger partial charge in [-0.15, -0.1) is 0 Å². The Morgan fingerprint density at radius 1 is 1.38 bits per heavy atom. The van der Waals surface area contributed by atoms with Crippen molar-refractivity contribution >= 4 is 27.6 Å². The van der Waals surface area contributed by atoms with Crippen LogP contribution in [-0.2, 0) is 16.6 Å². The fourth-order valence-electron chi connectivity index (χ4n) is 1.73. The van der Waals surface area contributed by atoms with Gasteiger partial charge in [-0.3, -0.25) is 0 Å². The van der Waals surface area contributed by atoms with Gasteiger partial charge in [0.25, 0.3) is 0 Å². The summed E-state index contributed by atoms with van der Waals surface area (Å²) in [5.41, 5.74) is 0.558. The maximum absolute atomic E-state index is 12.4. The lowest BCUT2D eigenvalue weighted by Gasteiger charge is -2.16. The minimum absolute atomic E-state index is 0.0662. The first-order chi connectivity index (χ1) is 9.82. The van der Waals surface area contributed by atoms with Gasteiger partial charge >= 0.3 is 5.97 Å². The van der Waals surface area contributed by atoms with Crippen LogP contribution in [0.15, 0.2) is 46.1 Å². The number of hydrogen-bond donors (Lipinski definition) is 1. The van der Waals surface area contributed by atoms with E-state index in [1.54, 1.807) is 6.07 Å². The first-order valence-corrected chi connectivity index (χ1v) is 7.64. The Bertz CT molecular complexity index is 755. The molecular formula is C13H12ClNO5S. The van der Waals surface area contributed by atoms with Gasteiger partial charge in [0.2, 0.25) is 10.0 Å². The summed E-state index contributed by atoms with van der Waals surface area (Å²) in [6, 6.07) is 5.18. The molecule has 0 saturated carbocycles. The fraction of sp³-hybridized carbons (Fsp3) is 0.154. The van der Waals surface area contributed by atoms with Crippen LogP contribution in [-0.4, -0.2) is 30.8 Å². The number of halogens is 1. The molecule has 0 radical (unpaired) electrons. The van der Waals surface area contributed by atoms with Crippen molar-refractivity contribution in [1.82, 2.24) is 4.31 Å². The van der Waals surface area contributed by atoms with Crippen molar-refractivity contribution in [3.05, 3.63) is 52.9 Å². The first kappa shape index (κ1) is 15.6. The summed E-state index contributed by atoms with van der Waals surface area (Å²) < 4.78 is 30.8. The Balaban J connectivity index is 2.31. The third kappa shape index (κ3) is 3.26. The summed E-state index contributed by atoms with van der Waals surface area (Å²) in [6.07, 6.45) is 2.90. The second-order valence-corrected chi connectivity index (χ2v) is 6.79. The van der Waals surface area contributed by atoms with Crippen molar-refractivity contribution in [3.63, 3.8) is 0 Å². The quantitative estimate of drug-likeness (QED) is 0.910. The smallest absolute Gasteiger partial charge is 0.337 e. The molecule has 0 aliphatic rings. The highest BCUT2D eigenvalue weighted by molar-refractivity contribution is 7.89. The second kappa shape index (κ2) is 5.88. The molecule has 0 aliphatic heterocycles. The summed E-state index contributed by atoms with van der Waals surface area (Å²) in [7, 11) is -2.35. The molecule has 1 N–H and O–H groups in total. The minimum atomic E-state index is -3.77. The summed E-state index contributed by atoms with van der Waals surface area (Å²) in [6.45, 7) is 0.136. The molecule has 0 spiro atoms. The number of hydrogen-bond acceptors (Lipinski definition) is 4. The van der Waals surface area contributed by atoms with Gasteiger partial charge < -0.3 is 9.52 Å². The molecule has 1 aromatic heterocycles. The van der Waals surface area contributed by atoms with Crippen LogP contribution < -0.4 is 0 Å². The van der Waals surface area contributed by atoms with E-state index < -0.39 is 16.0 Å². The minimum Gasteiger partial charge on any atom is -0.478 e. The number of nitrogens with zero attached hydrogens (tertiary/aromatic N) is 1. The molecule has 0 atom stereocenters. The number of aromatic carboxylic acids is 1. The molecule has 1 aromatic carbocycles. The predicted molar refractivity (Wildman–Crippen MR) is 75.8 cm³/mol. The topological polar surface area (TPSA) is 87.8 Å². The van der Waals surface area contributed by atoms with Gasteiger partial charge in [-0.2, -0.15) is 4.31 Å².